The summed E-state index contributed by atoms with van der Waals surface area (Å²) < 4.78 is 16.9. The van der Waals surface area contributed by atoms with Gasteiger partial charge < -0.3 is 19.1 Å². The summed E-state index contributed by atoms with van der Waals surface area (Å²) in [4.78, 5) is 26.1. The van der Waals surface area contributed by atoms with Crippen molar-refractivity contribution in [1.29, 1.82) is 0 Å². The number of carbonyl (C=O) groups is 2. The molecule has 262 valence electrons. The highest BCUT2D eigenvalue weighted by Crippen LogP contribution is 2.21. The average molecular weight is 626 g/mol. The average Bonchev–Trinajstić information content (AvgIpc) is 2.98. The van der Waals surface area contributed by atoms with E-state index in [1.807, 2.05) is 13.8 Å². The quantitative estimate of drug-likeness (QED) is 0.0550. The van der Waals surface area contributed by atoms with E-state index in [0.717, 1.165) is 25.7 Å². The molecule has 0 bridgehead atoms. The highest BCUT2D eigenvalue weighted by atomic mass is 16.5. The number of unbranched alkanes of at least 4 members (excludes halogenated alkanes) is 19. The van der Waals surface area contributed by atoms with Gasteiger partial charge in [0.15, 0.2) is 0 Å². The molecule has 0 N–H and O–H groups in total. The van der Waals surface area contributed by atoms with Crippen LogP contribution in [-0.4, -0.2) is 61.4 Å². The minimum Gasteiger partial charge on any atom is -0.466 e. The first-order valence-electron chi connectivity index (χ1n) is 18.6. The first kappa shape index (κ1) is 42.9. The normalized spacial score (nSPS) is 12.1. The van der Waals surface area contributed by atoms with Crippen molar-refractivity contribution in [3.05, 3.63) is 0 Å². The van der Waals surface area contributed by atoms with Gasteiger partial charge >= 0.3 is 5.97 Å². The van der Waals surface area contributed by atoms with Crippen LogP contribution < -0.4 is 0 Å². The van der Waals surface area contributed by atoms with Crippen molar-refractivity contribution in [1.82, 2.24) is 4.90 Å². The Bertz CT molecular complexity index is 678. The van der Waals surface area contributed by atoms with Crippen LogP contribution in [0.25, 0.3) is 0 Å². The second kappa shape index (κ2) is 28.1. The van der Waals surface area contributed by atoms with Crippen molar-refractivity contribution < 1.29 is 23.8 Å². The highest BCUT2D eigenvalue weighted by molar-refractivity contribution is 5.75. The predicted octanol–water partition coefficient (Wildman–Crippen LogP) is 10.6. The maximum Gasteiger partial charge on any atom is 0.307 e. The zero-order chi connectivity index (χ0) is 32.9. The lowest BCUT2D eigenvalue weighted by atomic mass is 10.0. The number of nitrogens with zero attached hydrogens (tertiary/aromatic N) is 1. The number of esters is 1. The van der Waals surface area contributed by atoms with Crippen LogP contribution in [0.2, 0.25) is 0 Å². The Morgan fingerprint density at radius 2 is 1.02 bits per heavy atom. The molecule has 0 aromatic rings. The van der Waals surface area contributed by atoms with E-state index < -0.39 is 0 Å². The van der Waals surface area contributed by atoms with E-state index in [9.17, 15) is 9.59 Å². The smallest absolute Gasteiger partial charge is 0.307 e. The zero-order valence-electron chi connectivity index (χ0n) is 30.6. The summed E-state index contributed by atoms with van der Waals surface area (Å²) in [5.41, 5.74) is -0.627. The molecule has 0 unspecified atom stereocenters. The van der Waals surface area contributed by atoms with E-state index >= 15 is 0 Å². The van der Waals surface area contributed by atoms with Crippen LogP contribution in [0.4, 0.5) is 0 Å². The number of methoxy groups -OCH3 is 1. The molecule has 0 saturated heterocycles. The van der Waals surface area contributed by atoms with Gasteiger partial charge in [-0.3, -0.25) is 9.59 Å². The summed E-state index contributed by atoms with van der Waals surface area (Å²) in [6, 6.07) is 0. The molecule has 0 atom stereocenters. The summed E-state index contributed by atoms with van der Waals surface area (Å²) >= 11 is 0. The van der Waals surface area contributed by atoms with E-state index in [1.165, 1.54) is 116 Å². The van der Waals surface area contributed by atoms with Crippen LogP contribution in [0.5, 0.6) is 0 Å². The highest BCUT2D eigenvalue weighted by Gasteiger charge is 2.25. The fourth-order valence-corrected chi connectivity index (χ4v) is 5.46. The van der Waals surface area contributed by atoms with Crippen LogP contribution in [-0.2, 0) is 23.8 Å². The predicted molar refractivity (Wildman–Crippen MR) is 186 cm³/mol. The molecule has 0 aliphatic rings. The Labute approximate surface area is 274 Å². The summed E-state index contributed by atoms with van der Waals surface area (Å²) in [6.45, 7) is 14.0. The van der Waals surface area contributed by atoms with Gasteiger partial charge in [-0.25, -0.2) is 0 Å². The van der Waals surface area contributed by atoms with Gasteiger partial charge in [-0.05, 0) is 47.0 Å². The third-order valence-electron chi connectivity index (χ3n) is 8.86. The molecule has 0 aromatic heterocycles. The van der Waals surface area contributed by atoms with Crippen LogP contribution >= 0.6 is 0 Å². The van der Waals surface area contributed by atoms with Gasteiger partial charge in [0.05, 0.1) is 30.8 Å². The minimum absolute atomic E-state index is 0.00822. The summed E-state index contributed by atoms with van der Waals surface area (Å²) in [6.07, 6.45) is 29.0. The molecule has 0 saturated carbocycles. The molecule has 1 amide bonds. The van der Waals surface area contributed by atoms with Crippen LogP contribution in [0.3, 0.4) is 0 Å². The van der Waals surface area contributed by atoms with Crippen LogP contribution in [0.15, 0.2) is 0 Å². The Balaban J connectivity index is 3.63. The van der Waals surface area contributed by atoms with Gasteiger partial charge in [0, 0.05) is 27.1 Å². The molecular weight excluding hydrogens is 550 g/mol. The number of rotatable bonds is 32. The summed E-state index contributed by atoms with van der Waals surface area (Å²) in [5, 5.41) is 0. The molecule has 0 radical (unpaired) electrons. The SMILES string of the molecule is CCCCCCCCCCCCCCCCCCCCCCOC(=O)CCN(CCCC(C)(C)OCC(C)(C)OC)C(C)=O. The monoisotopic (exact) mass is 626 g/mol. The lowest BCUT2D eigenvalue weighted by Crippen LogP contribution is -2.37. The van der Waals surface area contributed by atoms with Crippen molar-refractivity contribution in [3.63, 3.8) is 0 Å². The molecule has 0 rings (SSSR count). The fourth-order valence-electron chi connectivity index (χ4n) is 5.46. The number of carbonyl (C=O) groups excluding carboxylic acids is 2. The van der Waals surface area contributed by atoms with Crippen molar-refractivity contribution in [2.45, 2.75) is 200 Å². The van der Waals surface area contributed by atoms with Gasteiger partial charge in [0.25, 0.3) is 0 Å². The zero-order valence-corrected chi connectivity index (χ0v) is 30.6. The Morgan fingerprint density at radius 3 is 1.43 bits per heavy atom. The van der Waals surface area contributed by atoms with E-state index in [1.54, 1.807) is 18.9 Å². The van der Waals surface area contributed by atoms with Crippen LogP contribution in [0, 0.1) is 0 Å². The lowest BCUT2D eigenvalue weighted by molar-refractivity contribution is -0.144. The van der Waals surface area contributed by atoms with Crippen molar-refractivity contribution in [2.24, 2.45) is 0 Å². The molecule has 0 aliphatic heterocycles. The van der Waals surface area contributed by atoms with Gasteiger partial charge in [0.2, 0.25) is 5.91 Å². The molecule has 0 fully saturated rings. The van der Waals surface area contributed by atoms with Gasteiger partial charge in [-0.2, -0.15) is 0 Å². The van der Waals surface area contributed by atoms with Crippen molar-refractivity contribution >= 4 is 11.9 Å². The molecule has 0 aliphatic carbocycles. The van der Waals surface area contributed by atoms with E-state index in [-0.39, 0.29) is 29.5 Å². The van der Waals surface area contributed by atoms with Crippen molar-refractivity contribution in [3.8, 4) is 0 Å². The van der Waals surface area contributed by atoms with Gasteiger partial charge in [0.1, 0.15) is 0 Å². The Kier molecular flexibility index (Phi) is 27.4. The van der Waals surface area contributed by atoms with E-state index in [0.29, 0.717) is 26.3 Å². The third kappa shape index (κ3) is 28.3. The number of hydrogen-bond acceptors (Lipinski definition) is 5. The standard InChI is InChI=1S/C38H75NO5/c1-8-9-10-11-12-13-14-15-16-17-18-19-20-21-22-23-24-25-26-27-33-43-36(41)29-32-39(35(2)40)31-28-30-37(3,4)44-34-38(5,6)42-7/h8-34H2,1-7H3. The Hall–Kier alpha value is -1.14. The molecule has 44 heavy (non-hydrogen) atoms. The number of amides is 1. The lowest BCUT2D eigenvalue weighted by Gasteiger charge is -2.32. The van der Waals surface area contributed by atoms with Crippen LogP contribution in [0.1, 0.15) is 189 Å². The molecular formula is C38H75NO5. The Morgan fingerprint density at radius 1 is 0.591 bits per heavy atom. The second-order valence-corrected chi connectivity index (χ2v) is 14.3. The maximum atomic E-state index is 12.2. The maximum absolute atomic E-state index is 12.2. The first-order chi connectivity index (χ1) is 21.0. The van der Waals surface area contributed by atoms with Crippen molar-refractivity contribution in [2.75, 3.05) is 33.4 Å². The first-order valence-corrected chi connectivity index (χ1v) is 18.6. The molecule has 0 aromatic carbocycles. The summed E-state index contributed by atoms with van der Waals surface area (Å²) in [5.74, 6) is -0.217. The summed E-state index contributed by atoms with van der Waals surface area (Å²) in [7, 11) is 1.69. The molecule has 6 nitrogen and oxygen atoms in total. The third-order valence-corrected chi connectivity index (χ3v) is 8.86. The molecule has 6 heteroatoms. The van der Waals surface area contributed by atoms with E-state index in [2.05, 4.69) is 20.8 Å². The number of hydrogen-bond donors (Lipinski definition) is 0. The topological polar surface area (TPSA) is 65.1 Å². The molecule has 0 heterocycles. The van der Waals surface area contributed by atoms with E-state index in [4.69, 9.17) is 14.2 Å². The second-order valence-electron chi connectivity index (χ2n) is 14.3. The van der Waals surface area contributed by atoms with Gasteiger partial charge in [-0.1, -0.05) is 129 Å². The van der Waals surface area contributed by atoms with Gasteiger partial charge in [-0.15, -0.1) is 0 Å². The largest absolute Gasteiger partial charge is 0.466 e. The fraction of sp³-hybridized carbons (Fsp3) is 0.947. The minimum atomic E-state index is -0.325. The number of ether oxygens (including phenoxy) is 3. The molecule has 0 spiro atoms.